The average molecular weight is 291 g/mol. The van der Waals surface area contributed by atoms with E-state index in [2.05, 4.69) is 30.8 Å². The molecule has 2 rings (SSSR count). The lowest BCUT2D eigenvalue weighted by Gasteiger charge is -2.22. The van der Waals surface area contributed by atoms with Gasteiger partial charge in [-0.1, -0.05) is 46.0 Å². The zero-order valence-electron chi connectivity index (χ0n) is 13.9. The third-order valence-electron chi connectivity index (χ3n) is 5.12. The maximum atomic E-state index is 6.32. The quantitative estimate of drug-likeness (QED) is 0.767. The Hall–Kier alpha value is -0.830. The van der Waals surface area contributed by atoms with Gasteiger partial charge < -0.3 is 5.73 Å². The molecule has 1 saturated carbocycles. The van der Waals surface area contributed by atoms with E-state index in [-0.39, 0.29) is 6.04 Å². The van der Waals surface area contributed by atoms with Crippen LogP contribution in [0.15, 0.2) is 12.3 Å². The minimum atomic E-state index is 0.275. The van der Waals surface area contributed by atoms with E-state index < -0.39 is 0 Å². The molecule has 21 heavy (non-hydrogen) atoms. The van der Waals surface area contributed by atoms with Crippen molar-refractivity contribution in [3.63, 3.8) is 0 Å². The van der Waals surface area contributed by atoms with E-state index >= 15 is 0 Å². The summed E-state index contributed by atoms with van der Waals surface area (Å²) in [5, 5.41) is 4.72. The first-order valence-electron chi connectivity index (χ1n) is 9.02. The fourth-order valence-electron chi connectivity index (χ4n) is 3.65. The molecule has 0 bridgehead atoms. The molecule has 0 saturated heterocycles. The van der Waals surface area contributed by atoms with Crippen LogP contribution >= 0.6 is 0 Å². The molecule has 120 valence electrons. The molecule has 1 fully saturated rings. The first-order chi connectivity index (χ1) is 10.2. The van der Waals surface area contributed by atoms with Crippen molar-refractivity contribution in [1.29, 1.82) is 0 Å². The number of nitrogens with zero attached hydrogens (tertiary/aromatic N) is 2. The van der Waals surface area contributed by atoms with Crippen molar-refractivity contribution < 1.29 is 0 Å². The van der Waals surface area contributed by atoms with Crippen LogP contribution in [0.3, 0.4) is 0 Å². The highest BCUT2D eigenvalue weighted by Crippen LogP contribution is 2.27. The Kier molecular flexibility index (Phi) is 6.75. The SMILES string of the molecule is CCC(CC)n1ccc(CC(N)CCC2CCCCC2)n1. The van der Waals surface area contributed by atoms with Crippen LogP contribution in [0.4, 0.5) is 0 Å². The van der Waals surface area contributed by atoms with Crippen molar-refractivity contribution >= 4 is 0 Å². The van der Waals surface area contributed by atoms with Crippen molar-refractivity contribution in [2.45, 2.75) is 90.1 Å². The third-order valence-corrected chi connectivity index (χ3v) is 5.12. The van der Waals surface area contributed by atoms with E-state index in [4.69, 9.17) is 10.8 Å². The summed E-state index contributed by atoms with van der Waals surface area (Å²) in [4.78, 5) is 0. The molecule has 1 heterocycles. The second kappa shape index (κ2) is 8.57. The maximum absolute atomic E-state index is 6.32. The summed E-state index contributed by atoms with van der Waals surface area (Å²) in [6.45, 7) is 4.46. The average Bonchev–Trinajstić information content (AvgIpc) is 2.96. The Morgan fingerprint density at radius 2 is 1.95 bits per heavy atom. The molecule has 1 aromatic heterocycles. The lowest BCUT2D eigenvalue weighted by molar-refractivity contribution is 0.322. The van der Waals surface area contributed by atoms with E-state index in [1.165, 1.54) is 38.5 Å². The van der Waals surface area contributed by atoms with E-state index in [9.17, 15) is 0 Å². The van der Waals surface area contributed by atoms with Gasteiger partial charge in [-0.05, 0) is 37.7 Å². The third kappa shape index (κ3) is 5.14. The molecule has 1 aliphatic rings. The highest BCUT2D eigenvalue weighted by Gasteiger charge is 2.16. The van der Waals surface area contributed by atoms with Gasteiger partial charge in [-0.25, -0.2) is 0 Å². The fourth-order valence-corrected chi connectivity index (χ4v) is 3.65. The summed E-state index contributed by atoms with van der Waals surface area (Å²) in [7, 11) is 0. The molecule has 1 atom stereocenters. The van der Waals surface area contributed by atoms with Gasteiger partial charge in [-0.15, -0.1) is 0 Å². The van der Waals surface area contributed by atoms with Crippen LogP contribution in [-0.4, -0.2) is 15.8 Å². The highest BCUT2D eigenvalue weighted by molar-refractivity contribution is 5.02. The van der Waals surface area contributed by atoms with Crippen molar-refractivity contribution in [1.82, 2.24) is 9.78 Å². The molecule has 0 amide bonds. The van der Waals surface area contributed by atoms with E-state index in [1.807, 2.05) is 0 Å². The normalized spacial score (nSPS) is 18.3. The summed E-state index contributed by atoms with van der Waals surface area (Å²) in [5.41, 5.74) is 7.49. The van der Waals surface area contributed by atoms with Crippen molar-refractivity contribution in [2.75, 3.05) is 0 Å². The molecule has 1 aliphatic carbocycles. The lowest BCUT2D eigenvalue weighted by atomic mass is 9.85. The molecule has 3 nitrogen and oxygen atoms in total. The zero-order chi connectivity index (χ0) is 15.1. The second-order valence-electron chi connectivity index (χ2n) is 6.80. The number of hydrogen-bond donors (Lipinski definition) is 1. The molecule has 0 spiro atoms. The van der Waals surface area contributed by atoms with Crippen LogP contribution in [0, 0.1) is 5.92 Å². The topological polar surface area (TPSA) is 43.8 Å². The van der Waals surface area contributed by atoms with Gasteiger partial charge in [0.05, 0.1) is 11.7 Å². The highest BCUT2D eigenvalue weighted by atomic mass is 15.3. The van der Waals surface area contributed by atoms with E-state index in [0.29, 0.717) is 6.04 Å². The number of hydrogen-bond acceptors (Lipinski definition) is 2. The monoisotopic (exact) mass is 291 g/mol. The van der Waals surface area contributed by atoms with Gasteiger partial charge in [0.15, 0.2) is 0 Å². The van der Waals surface area contributed by atoms with Crippen LogP contribution in [0.25, 0.3) is 0 Å². The molecule has 0 aromatic carbocycles. The molecule has 3 heteroatoms. The Morgan fingerprint density at radius 1 is 1.24 bits per heavy atom. The van der Waals surface area contributed by atoms with Gasteiger partial charge in [-0.3, -0.25) is 4.68 Å². The second-order valence-corrected chi connectivity index (χ2v) is 6.80. The van der Waals surface area contributed by atoms with Crippen LogP contribution in [0.2, 0.25) is 0 Å². The number of nitrogens with two attached hydrogens (primary N) is 1. The van der Waals surface area contributed by atoms with Gasteiger partial charge in [0.25, 0.3) is 0 Å². The maximum Gasteiger partial charge on any atom is 0.0640 e. The Labute approximate surface area is 130 Å². The molecule has 2 N–H and O–H groups in total. The zero-order valence-corrected chi connectivity index (χ0v) is 13.9. The Morgan fingerprint density at radius 3 is 2.62 bits per heavy atom. The Balaban J connectivity index is 1.75. The lowest BCUT2D eigenvalue weighted by Crippen LogP contribution is -2.24. The van der Waals surface area contributed by atoms with Crippen LogP contribution in [0.1, 0.15) is 83.4 Å². The number of rotatable bonds is 8. The van der Waals surface area contributed by atoms with Gasteiger partial charge in [0.1, 0.15) is 0 Å². The largest absolute Gasteiger partial charge is 0.327 e. The summed E-state index contributed by atoms with van der Waals surface area (Å²) in [5.74, 6) is 0.937. The van der Waals surface area contributed by atoms with Crippen LogP contribution in [0.5, 0.6) is 0 Å². The molecule has 1 unspecified atom stereocenters. The van der Waals surface area contributed by atoms with E-state index in [0.717, 1.165) is 37.3 Å². The van der Waals surface area contributed by atoms with Gasteiger partial charge >= 0.3 is 0 Å². The van der Waals surface area contributed by atoms with Gasteiger partial charge in [0.2, 0.25) is 0 Å². The van der Waals surface area contributed by atoms with Crippen LogP contribution < -0.4 is 5.73 Å². The summed E-state index contributed by atoms with van der Waals surface area (Å²) < 4.78 is 2.13. The molecular formula is C18H33N3. The molecule has 0 aliphatic heterocycles. The van der Waals surface area contributed by atoms with Gasteiger partial charge in [0, 0.05) is 18.7 Å². The molecule has 1 aromatic rings. The molecule has 0 radical (unpaired) electrons. The summed E-state index contributed by atoms with van der Waals surface area (Å²) in [6.07, 6.45) is 15.0. The smallest absolute Gasteiger partial charge is 0.0640 e. The predicted octanol–water partition coefficient (Wildman–Crippen LogP) is 4.47. The first-order valence-corrected chi connectivity index (χ1v) is 9.02. The fraction of sp³-hybridized carbons (Fsp3) is 0.833. The van der Waals surface area contributed by atoms with E-state index in [1.54, 1.807) is 0 Å². The van der Waals surface area contributed by atoms with Crippen molar-refractivity contribution in [3.8, 4) is 0 Å². The first kappa shape index (κ1) is 16.5. The predicted molar refractivity (Wildman–Crippen MR) is 89.3 cm³/mol. The standard InChI is InChI=1S/C18H33N3/c1-3-18(4-2)21-13-12-17(20-21)14-16(19)11-10-15-8-6-5-7-9-15/h12-13,15-16,18H,3-11,14,19H2,1-2H3. The number of aromatic nitrogens is 2. The van der Waals surface area contributed by atoms with Gasteiger partial charge in [-0.2, -0.15) is 5.10 Å². The van der Waals surface area contributed by atoms with Crippen molar-refractivity contribution in [2.24, 2.45) is 11.7 Å². The minimum absolute atomic E-state index is 0.275. The van der Waals surface area contributed by atoms with Crippen molar-refractivity contribution in [3.05, 3.63) is 18.0 Å². The summed E-state index contributed by atoms with van der Waals surface area (Å²) >= 11 is 0. The summed E-state index contributed by atoms with van der Waals surface area (Å²) in [6, 6.07) is 2.97. The van der Waals surface area contributed by atoms with Crippen LogP contribution in [-0.2, 0) is 6.42 Å². The minimum Gasteiger partial charge on any atom is -0.327 e. The molecular weight excluding hydrogens is 258 g/mol. The Bertz CT molecular complexity index is 389.